The zero-order chi connectivity index (χ0) is 23.5. The summed E-state index contributed by atoms with van der Waals surface area (Å²) in [7, 11) is 0. The van der Waals surface area contributed by atoms with E-state index in [9.17, 15) is 14.7 Å². The lowest BCUT2D eigenvalue weighted by molar-refractivity contribution is -0.139. The van der Waals surface area contributed by atoms with Crippen molar-refractivity contribution in [1.82, 2.24) is 5.32 Å². The largest absolute Gasteiger partial charge is 0.480 e. The van der Waals surface area contributed by atoms with E-state index in [1.54, 1.807) is 6.26 Å². The van der Waals surface area contributed by atoms with Crippen molar-refractivity contribution in [1.29, 1.82) is 0 Å². The van der Waals surface area contributed by atoms with Crippen molar-refractivity contribution in [3.63, 3.8) is 0 Å². The Balaban J connectivity index is 1.23. The highest BCUT2D eigenvalue weighted by Gasteiger charge is 2.29. The van der Waals surface area contributed by atoms with Crippen molar-refractivity contribution in [3.8, 4) is 22.5 Å². The van der Waals surface area contributed by atoms with Crippen LogP contribution in [0.2, 0.25) is 0 Å². The van der Waals surface area contributed by atoms with Crippen LogP contribution in [0.3, 0.4) is 0 Å². The summed E-state index contributed by atoms with van der Waals surface area (Å²) in [5, 5.41) is 12.1. The maximum atomic E-state index is 12.5. The molecule has 1 heterocycles. The molecule has 2 N–H and O–H groups in total. The van der Waals surface area contributed by atoms with E-state index >= 15 is 0 Å². The molecule has 34 heavy (non-hydrogen) atoms. The third-order valence-electron chi connectivity index (χ3n) is 6.13. The van der Waals surface area contributed by atoms with Crippen LogP contribution in [0.5, 0.6) is 0 Å². The van der Waals surface area contributed by atoms with Gasteiger partial charge in [-0.1, -0.05) is 72.8 Å². The predicted octanol–water partition coefficient (Wildman–Crippen LogP) is 5.48. The molecule has 1 unspecified atom stereocenters. The first-order valence-corrected chi connectivity index (χ1v) is 11.1. The molecule has 1 amide bonds. The standard InChI is InChI=1S/C28H23NO5/c30-27(31)25(16-18-11-13-19(14-12-18)26-10-5-15-33-26)29-28(32)34-17-24-22-8-3-1-6-20(22)21-7-2-4-9-23(21)24/h1-15,24-25H,16-17H2,(H,29,32)(H,30,31). The number of rotatable bonds is 7. The van der Waals surface area contributed by atoms with Gasteiger partial charge in [0.1, 0.15) is 18.4 Å². The SMILES string of the molecule is O=C(NC(Cc1ccc(-c2ccco2)cc1)C(=O)O)OCC1c2ccccc2-c2ccccc21. The summed E-state index contributed by atoms with van der Waals surface area (Å²) in [4.78, 5) is 24.3. The molecule has 0 spiro atoms. The average Bonchev–Trinajstić information content (AvgIpc) is 3.50. The topological polar surface area (TPSA) is 88.8 Å². The van der Waals surface area contributed by atoms with Crippen LogP contribution >= 0.6 is 0 Å². The molecule has 0 bridgehead atoms. The Kier molecular flexibility index (Phi) is 5.87. The van der Waals surface area contributed by atoms with Gasteiger partial charge in [-0.25, -0.2) is 9.59 Å². The molecule has 0 saturated carbocycles. The number of carbonyl (C=O) groups excluding carboxylic acids is 1. The van der Waals surface area contributed by atoms with E-state index in [1.807, 2.05) is 72.8 Å². The van der Waals surface area contributed by atoms with Crippen LogP contribution in [-0.4, -0.2) is 29.8 Å². The van der Waals surface area contributed by atoms with E-state index in [0.29, 0.717) is 0 Å². The van der Waals surface area contributed by atoms with Gasteiger partial charge in [-0.05, 0) is 39.9 Å². The molecule has 0 aliphatic heterocycles. The zero-order valence-electron chi connectivity index (χ0n) is 18.3. The van der Waals surface area contributed by atoms with Crippen molar-refractivity contribution in [3.05, 3.63) is 108 Å². The van der Waals surface area contributed by atoms with Crippen LogP contribution in [0, 0.1) is 0 Å². The van der Waals surface area contributed by atoms with Gasteiger partial charge < -0.3 is 19.6 Å². The Labute approximate surface area is 196 Å². The number of alkyl carbamates (subject to hydrolysis) is 1. The number of carbonyl (C=O) groups is 2. The fourth-order valence-electron chi connectivity index (χ4n) is 4.47. The van der Waals surface area contributed by atoms with E-state index in [-0.39, 0.29) is 18.9 Å². The maximum absolute atomic E-state index is 12.5. The molecule has 0 saturated heterocycles. The lowest BCUT2D eigenvalue weighted by Crippen LogP contribution is -2.42. The Morgan fingerprint density at radius 2 is 1.53 bits per heavy atom. The molecule has 5 rings (SSSR count). The number of benzene rings is 3. The van der Waals surface area contributed by atoms with Crippen LogP contribution in [0.4, 0.5) is 4.79 Å². The Morgan fingerprint density at radius 1 is 0.882 bits per heavy atom. The molecule has 0 radical (unpaired) electrons. The second kappa shape index (κ2) is 9.27. The summed E-state index contributed by atoms with van der Waals surface area (Å²) in [5.41, 5.74) is 6.14. The summed E-state index contributed by atoms with van der Waals surface area (Å²) in [6.07, 6.45) is 0.987. The molecular weight excluding hydrogens is 430 g/mol. The minimum Gasteiger partial charge on any atom is -0.480 e. The van der Waals surface area contributed by atoms with Gasteiger partial charge in [-0.3, -0.25) is 0 Å². The summed E-state index contributed by atoms with van der Waals surface area (Å²) in [6.45, 7) is 0.129. The zero-order valence-corrected chi connectivity index (χ0v) is 18.3. The summed E-state index contributed by atoms with van der Waals surface area (Å²) in [5.74, 6) is -0.475. The molecule has 0 fully saturated rings. The maximum Gasteiger partial charge on any atom is 0.407 e. The summed E-state index contributed by atoms with van der Waals surface area (Å²) in [6, 6.07) is 26.0. The van der Waals surface area contributed by atoms with Crippen molar-refractivity contribution in [2.24, 2.45) is 0 Å². The second-order valence-corrected chi connectivity index (χ2v) is 8.24. The van der Waals surface area contributed by atoms with E-state index < -0.39 is 18.1 Å². The quantitative estimate of drug-likeness (QED) is 0.387. The van der Waals surface area contributed by atoms with Gasteiger partial charge in [-0.2, -0.15) is 0 Å². The number of furan rings is 1. The van der Waals surface area contributed by atoms with E-state index in [2.05, 4.69) is 17.4 Å². The van der Waals surface area contributed by atoms with Crippen LogP contribution in [-0.2, 0) is 16.0 Å². The van der Waals surface area contributed by atoms with E-state index in [4.69, 9.17) is 9.15 Å². The third kappa shape index (κ3) is 4.30. The summed E-state index contributed by atoms with van der Waals surface area (Å²) >= 11 is 0. The molecule has 1 aliphatic rings. The van der Waals surface area contributed by atoms with Crippen molar-refractivity contribution in [2.75, 3.05) is 6.61 Å². The van der Waals surface area contributed by atoms with Gasteiger partial charge in [0, 0.05) is 17.9 Å². The van der Waals surface area contributed by atoms with E-state index in [1.165, 1.54) is 0 Å². The van der Waals surface area contributed by atoms with Gasteiger partial charge in [0.15, 0.2) is 0 Å². The number of carboxylic acid groups (broad SMARTS) is 1. The first-order valence-electron chi connectivity index (χ1n) is 11.1. The van der Waals surface area contributed by atoms with Crippen molar-refractivity contribution < 1.29 is 23.8 Å². The number of amides is 1. The normalized spacial score (nSPS) is 13.1. The lowest BCUT2D eigenvalue weighted by Gasteiger charge is -2.17. The van der Waals surface area contributed by atoms with Gasteiger partial charge in [0.25, 0.3) is 0 Å². The van der Waals surface area contributed by atoms with Crippen LogP contribution in [0.15, 0.2) is 95.6 Å². The number of ether oxygens (including phenoxy) is 1. The number of fused-ring (bicyclic) bond motifs is 3. The molecular formula is C28H23NO5. The first-order chi connectivity index (χ1) is 16.6. The van der Waals surface area contributed by atoms with Crippen molar-refractivity contribution in [2.45, 2.75) is 18.4 Å². The highest BCUT2D eigenvalue weighted by Crippen LogP contribution is 2.44. The van der Waals surface area contributed by atoms with Crippen LogP contribution in [0.25, 0.3) is 22.5 Å². The minimum absolute atomic E-state index is 0.0874. The molecule has 170 valence electrons. The van der Waals surface area contributed by atoms with Gasteiger partial charge >= 0.3 is 12.1 Å². The molecule has 6 nitrogen and oxygen atoms in total. The monoisotopic (exact) mass is 453 g/mol. The van der Waals surface area contributed by atoms with Crippen LogP contribution < -0.4 is 5.32 Å². The smallest absolute Gasteiger partial charge is 0.407 e. The fourth-order valence-corrected chi connectivity index (χ4v) is 4.47. The molecule has 4 aromatic rings. The van der Waals surface area contributed by atoms with Gasteiger partial charge in [-0.15, -0.1) is 0 Å². The second-order valence-electron chi connectivity index (χ2n) is 8.24. The van der Waals surface area contributed by atoms with Crippen LogP contribution in [0.1, 0.15) is 22.6 Å². The lowest BCUT2D eigenvalue weighted by atomic mass is 9.98. The number of hydrogen-bond acceptors (Lipinski definition) is 4. The Morgan fingerprint density at radius 3 is 2.12 bits per heavy atom. The third-order valence-corrected chi connectivity index (χ3v) is 6.13. The predicted molar refractivity (Wildman–Crippen MR) is 127 cm³/mol. The molecule has 1 atom stereocenters. The average molecular weight is 453 g/mol. The minimum atomic E-state index is -1.12. The summed E-state index contributed by atoms with van der Waals surface area (Å²) < 4.78 is 10.9. The molecule has 1 aromatic heterocycles. The molecule has 6 heteroatoms. The van der Waals surface area contributed by atoms with Gasteiger partial charge in [0.2, 0.25) is 0 Å². The Bertz CT molecular complexity index is 1270. The van der Waals surface area contributed by atoms with Crippen molar-refractivity contribution >= 4 is 12.1 Å². The van der Waals surface area contributed by atoms with Gasteiger partial charge in [0.05, 0.1) is 6.26 Å². The van der Waals surface area contributed by atoms with E-state index in [0.717, 1.165) is 39.1 Å². The highest BCUT2D eigenvalue weighted by atomic mass is 16.5. The number of nitrogens with one attached hydrogen (secondary N) is 1. The molecule has 1 aliphatic carbocycles. The molecule has 3 aromatic carbocycles. The Hall–Kier alpha value is -4.32. The number of hydrogen-bond donors (Lipinski definition) is 2. The number of aliphatic carboxylic acids is 1. The highest BCUT2D eigenvalue weighted by molar-refractivity contribution is 5.81. The fraction of sp³-hybridized carbons (Fsp3) is 0.143. The number of carboxylic acids is 1. The first kappa shape index (κ1) is 21.5.